The van der Waals surface area contributed by atoms with E-state index in [0.717, 1.165) is 0 Å². The van der Waals surface area contributed by atoms with Crippen LogP contribution in [0.3, 0.4) is 0 Å². The Balaban J connectivity index is 2.16. The molecule has 0 radical (unpaired) electrons. The van der Waals surface area contributed by atoms with Gasteiger partial charge in [-0.1, -0.05) is 36.4 Å². The Morgan fingerprint density at radius 2 is 1.68 bits per heavy atom. The largest absolute Gasteiger partial charge is 0.504 e. The van der Waals surface area contributed by atoms with E-state index in [1.54, 1.807) is 48.5 Å². The summed E-state index contributed by atoms with van der Waals surface area (Å²) in [5.41, 5.74) is 0.847. The minimum atomic E-state index is -4.88. The number of alkyl halides is 3. The SMILES string of the molecule is O/C(=C\c1nc(-c2ccccn2)nnc1-c1ccccc1)C(F)(F)F. The molecule has 0 fully saturated rings. The highest BCUT2D eigenvalue weighted by molar-refractivity contribution is 5.71. The Kier molecular flexibility index (Phi) is 4.42. The Bertz CT molecular complexity index is 897. The standard InChI is InChI=1S/C17H11F3N4O/c18-17(19,20)14(25)10-13-15(11-6-2-1-3-7-11)23-24-16(22-13)12-8-4-5-9-21-12/h1-10,25H/b14-10-. The van der Waals surface area contributed by atoms with Crippen molar-refractivity contribution >= 4 is 6.08 Å². The molecule has 5 nitrogen and oxygen atoms in total. The van der Waals surface area contributed by atoms with E-state index in [1.165, 1.54) is 6.20 Å². The van der Waals surface area contributed by atoms with E-state index in [-0.39, 0.29) is 17.2 Å². The lowest BCUT2D eigenvalue weighted by Gasteiger charge is -2.08. The number of halogens is 3. The Morgan fingerprint density at radius 3 is 2.32 bits per heavy atom. The molecule has 0 bridgehead atoms. The Morgan fingerprint density at radius 1 is 0.960 bits per heavy atom. The van der Waals surface area contributed by atoms with Crippen molar-refractivity contribution in [2.24, 2.45) is 0 Å². The Hall–Kier alpha value is -3.29. The van der Waals surface area contributed by atoms with Crippen molar-refractivity contribution in [1.29, 1.82) is 0 Å². The minimum absolute atomic E-state index is 0.0569. The molecule has 0 atom stereocenters. The first-order valence-electron chi connectivity index (χ1n) is 7.14. The summed E-state index contributed by atoms with van der Waals surface area (Å²) in [6.45, 7) is 0. The maximum absolute atomic E-state index is 12.7. The summed E-state index contributed by atoms with van der Waals surface area (Å²) in [7, 11) is 0. The number of aliphatic hydroxyl groups excluding tert-OH is 1. The van der Waals surface area contributed by atoms with Gasteiger partial charge in [0.15, 0.2) is 5.76 Å². The van der Waals surface area contributed by atoms with Crippen LogP contribution >= 0.6 is 0 Å². The fourth-order valence-electron chi connectivity index (χ4n) is 2.06. The van der Waals surface area contributed by atoms with Gasteiger partial charge in [0.2, 0.25) is 5.82 Å². The van der Waals surface area contributed by atoms with E-state index in [1.807, 2.05) is 0 Å². The molecule has 8 heteroatoms. The first kappa shape index (κ1) is 16.6. The average molecular weight is 344 g/mol. The number of rotatable bonds is 3. The minimum Gasteiger partial charge on any atom is -0.504 e. The topological polar surface area (TPSA) is 71.8 Å². The molecule has 0 aliphatic heterocycles. The number of hydrogen-bond donors (Lipinski definition) is 1. The fraction of sp³-hybridized carbons (Fsp3) is 0.0588. The normalized spacial score (nSPS) is 12.2. The first-order chi connectivity index (χ1) is 11.9. The highest BCUT2D eigenvalue weighted by Crippen LogP contribution is 2.28. The maximum Gasteiger partial charge on any atom is 0.448 e. The van der Waals surface area contributed by atoms with Crippen LogP contribution in [0.4, 0.5) is 13.2 Å². The van der Waals surface area contributed by atoms with Crippen molar-refractivity contribution < 1.29 is 18.3 Å². The van der Waals surface area contributed by atoms with Gasteiger partial charge < -0.3 is 5.11 Å². The van der Waals surface area contributed by atoms with E-state index in [0.29, 0.717) is 17.3 Å². The van der Waals surface area contributed by atoms with Crippen LogP contribution in [-0.2, 0) is 0 Å². The van der Waals surface area contributed by atoms with Crippen molar-refractivity contribution in [2.45, 2.75) is 6.18 Å². The molecular weight excluding hydrogens is 333 g/mol. The van der Waals surface area contributed by atoms with E-state index in [2.05, 4.69) is 20.2 Å². The van der Waals surface area contributed by atoms with E-state index < -0.39 is 11.9 Å². The van der Waals surface area contributed by atoms with E-state index >= 15 is 0 Å². The quantitative estimate of drug-likeness (QED) is 0.726. The number of benzene rings is 1. The molecule has 0 unspecified atom stereocenters. The molecule has 0 aliphatic rings. The van der Waals surface area contributed by atoms with Crippen molar-refractivity contribution in [1.82, 2.24) is 20.2 Å². The summed E-state index contributed by atoms with van der Waals surface area (Å²) in [5, 5.41) is 17.2. The fourth-order valence-corrected chi connectivity index (χ4v) is 2.06. The second kappa shape index (κ2) is 6.68. The third-order valence-electron chi connectivity index (χ3n) is 3.22. The molecule has 3 rings (SSSR count). The number of pyridine rings is 1. The summed E-state index contributed by atoms with van der Waals surface area (Å²) in [6.07, 6.45) is -2.85. The Labute approximate surface area is 140 Å². The van der Waals surface area contributed by atoms with Gasteiger partial charge in [-0.3, -0.25) is 4.98 Å². The van der Waals surface area contributed by atoms with Crippen LogP contribution in [0, 0.1) is 0 Å². The van der Waals surface area contributed by atoms with Crippen molar-refractivity contribution in [3.8, 4) is 22.8 Å². The molecule has 0 aliphatic carbocycles. The zero-order valence-electron chi connectivity index (χ0n) is 12.6. The molecule has 1 N–H and O–H groups in total. The number of allylic oxidation sites excluding steroid dienone is 1. The molecule has 1 aromatic carbocycles. The average Bonchev–Trinajstić information content (AvgIpc) is 2.62. The zero-order chi connectivity index (χ0) is 17.9. The second-order valence-electron chi connectivity index (χ2n) is 4.98. The maximum atomic E-state index is 12.7. The monoisotopic (exact) mass is 344 g/mol. The first-order valence-corrected chi connectivity index (χ1v) is 7.14. The van der Waals surface area contributed by atoms with Gasteiger partial charge >= 0.3 is 6.18 Å². The smallest absolute Gasteiger partial charge is 0.448 e. The van der Waals surface area contributed by atoms with Gasteiger partial charge in [0.1, 0.15) is 11.4 Å². The molecule has 0 spiro atoms. The summed E-state index contributed by atoms with van der Waals surface area (Å²) in [4.78, 5) is 8.15. The van der Waals surface area contributed by atoms with Crippen molar-refractivity contribution in [3.63, 3.8) is 0 Å². The molecule has 3 aromatic rings. The van der Waals surface area contributed by atoms with Crippen LogP contribution in [0.1, 0.15) is 5.69 Å². The lowest BCUT2D eigenvalue weighted by Crippen LogP contribution is -2.11. The van der Waals surface area contributed by atoms with Gasteiger partial charge in [0.25, 0.3) is 0 Å². The summed E-state index contributed by atoms with van der Waals surface area (Å²) in [6, 6.07) is 13.5. The number of hydrogen-bond acceptors (Lipinski definition) is 5. The van der Waals surface area contributed by atoms with Gasteiger partial charge in [-0.15, -0.1) is 10.2 Å². The number of nitrogens with zero attached hydrogens (tertiary/aromatic N) is 4. The highest BCUT2D eigenvalue weighted by atomic mass is 19.4. The van der Waals surface area contributed by atoms with Crippen LogP contribution in [0.25, 0.3) is 28.9 Å². The number of aromatic nitrogens is 4. The van der Waals surface area contributed by atoms with Crippen LogP contribution in [0.2, 0.25) is 0 Å². The summed E-state index contributed by atoms with van der Waals surface area (Å²) < 4.78 is 38.1. The van der Waals surface area contributed by atoms with Gasteiger partial charge in [-0.2, -0.15) is 13.2 Å². The van der Waals surface area contributed by atoms with Crippen LogP contribution in [-0.4, -0.2) is 31.4 Å². The van der Waals surface area contributed by atoms with Crippen molar-refractivity contribution in [3.05, 3.63) is 66.2 Å². The molecule has 0 amide bonds. The third-order valence-corrected chi connectivity index (χ3v) is 3.22. The predicted molar refractivity (Wildman–Crippen MR) is 85.2 cm³/mol. The van der Waals surface area contributed by atoms with Gasteiger partial charge in [-0.25, -0.2) is 4.98 Å². The van der Waals surface area contributed by atoms with Crippen molar-refractivity contribution in [2.75, 3.05) is 0 Å². The third kappa shape index (κ3) is 3.79. The predicted octanol–water partition coefficient (Wildman–Crippen LogP) is 4.06. The number of aliphatic hydroxyl groups is 1. The van der Waals surface area contributed by atoms with Gasteiger partial charge in [-0.05, 0) is 12.1 Å². The van der Waals surface area contributed by atoms with Crippen LogP contribution < -0.4 is 0 Å². The van der Waals surface area contributed by atoms with E-state index in [4.69, 9.17) is 0 Å². The van der Waals surface area contributed by atoms with E-state index in [9.17, 15) is 18.3 Å². The molecule has 0 saturated heterocycles. The zero-order valence-corrected chi connectivity index (χ0v) is 12.6. The van der Waals surface area contributed by atoms with Gasteiger partial charge in [0.05, 0.1) is 5.69 Å². The van der Waals surface area contributed by atoms with Crippen LogP contribution in [0.5, 0.6) is 0 Å². The second-order valence-corrected chi connectivity index (χ2v) is 4.98. The molecule has 25 heavy (non-hydrogen) atoms. The summed E-state index contributed by atoms with van der Waals surface area (Å²) in [5.74, 6) is -1.71. The lowest BCUT2D eigenvalue weighted by atomic mass is 10.1. The van der Waals surface area contributed by atoms with Crippen LogP contribution in [0.15, 0.2) is 60.5 Å². The molecule has 0 saturated carbocycles. The lowest BCUT2D eigenvalue weighted by molar-refractivity contribution is -0.119. The van der Waals surface area contributed by atoms with Gasteiger partial charge in [0, 0.05) is 17.8 Å². The highest BCUT2D eigenvalue weighted by Gasteiger charge is 2.34. The molecular formula is C17H11F3N4O. The summed E-state index contributed by atoms with van der Waals surface area (Å²) >= 11 is 0. The molecule has 126 valence electrons. The molecule has 2 aromatic heterocycles. The molecule has 2 heterocycles.